The van der Waals surface area contributed by atoms with Gasteiger partial charge in [-0.05, 0) is 49.9 Å². The number of rotatable bonds is 4. The van der Waals surface area contributed by atoms with Gasteiger partial charge in [-0.15, -0.1) is 11.3 Å². The molecule has 0 N–H and O–H groups in total. The van der Waals surface area contributed by atoms with Gasteiger partial charge in [-0.25, -0.2) is 0 Å². The first kappa shape index (κ1) is 16.5. The van der Waals surface area contributed by atoms with Crippen LogP contribution in [0.2, 0.25) is 0 Å². The third-order valence-electron chi connectivity index (χ3n) is 4.81. The predicted molar refractivity (Wildman–Crippen MR) is 100 cm³/mol. The molecule has 3 aromatic rings. The molecular formula is C20H23N3OS. The molecule has 4 nitrogen and oxygen atoms in total. The van der Waals surface area contributed by atoms with Gasteiger partial charge in [0, 0.05) is 18.3 Å². The number of hydrogen-bond acceptors (Lipinski definition) is 5. The van der Waals surface area contributed by atoms with Crippen molar-refractivity contribution in [2.24, 2.45) is 0 Å². The lowest BCUT2D eigenvalue weighted by molar-refractivity contribution is 0.182. The van der Waals surface area contributed by atoms with Crippen molar-refractivity contribution in [3.05, 3.63) is 58.9 Å². The number of hydrogen-bond donors (Lipinski definition) is 0. The molecule has 0 aromatic carbocycles. The normalized spacial score (nSPS) is 19.0. The molecule has 25 heavy (non-hydrogen) atoms. The van der Waals surface area contributed by atoms with E-state index >= 15 is 0 Å². The SMILES string of the molecule is Cc1cccc(CN2CCCCC[C@H]2c2cc(-c3cccs3)on2)n1. The zero-order valence-corrected chi connectivity index (χ0v) is 15.3. The summed E-state index contributed by atoms with van der Waals surface area (Å²) >= 11 is 1.69. The molecule has 0 amide bonds. The summed E-state index contributed by atoms with van der Waals surface area (Å²) < 4.78 is 5.64. The minimum absolute atomic E-state index is 0.308. The molecule has 130 valence electrons. The van der Waals surface area contributed by atoms with Crippen LogP contribution in [-0.4, -0.2) is 21.6 Å². The molecule has 0 spiro atoms. The van der Waals surface area contributed by atoms with Gasteiger partial charge in [0.2, 0.25) is 0 Å². The highest BCUT2D eigenvalue weighted by molar-refractivity contribution is 7.13. The van der Waals surface area contributed by atoms with E-state index in [0.717, 1.165) is 47.2 Å². The molecule has 1 aliphatic heterocycles. The molecule has 4 heterocycles. The zero-order chi connectivity index (χ0) is 17.1. The minimum Gasteiger partial charge on any atom is -0.355 e. The van der Waals surface area contributed by atoms with Crippen molar-refractivity contribution in [3.8, 4) is 10.6 Å². The highest BCUT2D eigenvalue weighted by Gasteiger charge is 2.26. The summed E-state index contributed by atoms with van der Waals surface area (Å²) in [5, 5.41) is 6.48. The summed E-state index contributed by atoms with van der Waals surface area (Å²) in [4.78, 5) is 8.34. The number of nitrogens with zero attached hydrogens (tertiary/aromatic N) is 3. The molecule has 5 heteroatoms. The smallest absolute Gasteiger partial charge is 0.177 e. The van der Waals surface area contributed by atoms with E-state index in [1.807, 2.05) is 19.1 Å². The van der Waals surface area contributed by atoms with Gasteiger partial charge in [0.05, 0.1) is 16.6 Å². The molecule has 0 radical (unpaired) electrons. The summed E-state index contributed by atoms with van der Waals surface area (Å²) in [5.41, 5.74) is 3.26. The molecule has 1 aliphatic rings. The Balaban J connectivity index is 1.58. The van der Waals surface area contributed by atoms with E-state index in [0.29, 0.717) is 6.04 Å². The van der Waals surface area contributed by atoms with Gasteiger partial charge in [-0.3, -0.25) is 9.88 Å². The Bertz CT molecular complexity index is 812. The summed E-state index contributed by atoms with van der Waals surface area (Å²) in [6.07, 6.45) is 4.88. The van der Waals surface area contributed by atoms with E-state index in [4.69, 9.17) is 4.52 Å². The predicted octanol–water partition coefficient (Wildman–Crippen LogP) is 5.22. The van der Waals surface area contributed by atoms with Crippen LogP contribution in [0.1, 0.15) is 48.8 Å². The molecule has 0 unspecified atom stereocenters. The number of pyridine rings is 1. The second-order valence-corrected chi connectivity index (χ2v) is 7.65. The van der Waals surface area contributed by atoms with Gasteiger partial charge < -0.3 is 4.52 Å². The Kier molecular flexibility index (Phi) is 4.95. The largest absolute Gasteiger partial charge is 0.355 e. The molecule has 0 saturated carbocycles. The van der Waals surface area contributed by atoms with E-state index in [1.54, 1.807) is 11.3 Å². The summed E-state index contributed by atoms with van der Waals surface area (Å²) in [6, 6.07) is 12.8. The highest BCUT2D eigenvalue weighted by atomic mass is 32.1. The van der Waals surface area contributed by atoms with Crippen LogP contribution in [0.3, 0.4) is 0 Å². The fraction of sp³-hybridized carbons (Fsp3) is 0.400. The number of aromatic nitrogens is 2. The fourth-order valence-electron chi connectivity index (χ4n) is 3.57. The Labute approximate surface area is 152 Å². The average Bonchev–Trinajstić information content (AvgIpc) is 3.25. The zero-order valence-electron chi connectivity index (χ0n) is 14.5. The molecule has 4 rings (SSSR count). The molecule has 3 aromatic heterocycles. The fourth-order valence-corrected chi connectivity index (χ4v) is 4.24. The van der Waals surface area contributed by atoms with Gasteiger partial charge in [0.1, 0.15) is 5.69 Å². The van der Waals surface area contributed by atoms with E-state index in [-0.39, 0.29) is 0 Å². The Hall–Kier alpha value is -1.98. The third-order valence-corrected chi connectivity index (χ3v) is 5.69. The topological polar surface area (TPSA) is 42.2 Å². The average molecular weight is 353 g/mol. The summed E-state index contributed by atoms with van der Waals surface area (Å²) in [5.74, 6) is 0.878. The Morgan fingerprint density at radius 2 is 2.16 bits per heavy atom. The van der Waals surface area contributed by atoms with Crippen molar-refractivity contribution in [3.63, 3.8) is 0 Å². The van der Waals surface area contributed by atoms with E-state index in [9.17, 15) is 0 Å². The Morgan fingerprint density at radius 1 is 1.20 bits per heavy atom. The second-order valence-electron chi connectivity index (χ2n) is 6.70. The number of likely N-dealkylation sites (tertiary alicyclic amines) is 1. The maximum Gasteiger partial charge on any atom is 0.177 e. The molecule has 0 bridgehead atoms. The lowest BCUT2D eigenvalue weighted by atomic mass is 10.1. The van der Waals surface area contributed by atoms with Gasteiger partial charge in [0.25, 0.3) is 0 Å². The van der Waals surface area contributed by atoms with Crippen molar-refractivity contribution in [1.82, 2.24) is 15.0 Å². The summed E-state index contributed by atoms with van der Waals surface area (Å²) in [7, 11) is 0. The number of thiophene rings is 1. The monoisotopic (exact) mass is 353 g/mol. The van der Waals surface area contributed by atoms with Crippen molar-refractivity contribution < 1.29 is 4.52 Å². The van der Waals surface area contributed by atoms with Crippen molar-refractivity contribution in [2.45, 2.75) is 45.2 Å². The summed E-state index contributed by atoms with van der Waals surface area (Å²) in [6.45, 7) is 4.00. The first-order valence-electron chi connectivity index (χ1n) is 8.97. The Morgan fingerprint density at radius 3 is 3.00 bits per heavy atom. The van der Waals surface area contributed by atoms with Crippen LogP contribution in [0, 0.1) is 6.92 Å². The van der Waals surface area contributed by atoms with Crippen LogP contribution < -0.4 is 0 Å². The van der Waals surface area contributed by atoms with Crippen LogP contribution in [0.25, 0.3) is 10.6 Å². The van der Waals surface area contributed by atoms with Crippen LogP contribution in [0.4, 0.5) is 0 Å². The van der Waals surface area contributed by atoms with Crippen LogP contribution >= 0.6 is 11.3 Å². The van der Waals surface area contributed by atoms with E-state index in [2.05, 4.69) is 44.7 Å². The number of aryl methyl sites for hydroxylation is 1. The van der Waals surface area contributed by atoms with Crippen LogP contribution in [0.5, 0.6) is 0 Å². The van der Waals surface area contributed by atoms with Gasteiger partial charge in [-0.1, -0.05) is 30.1 Å². The first-order valence-corrected chi connectivity index (χ1v) is 9.84. The maximum absolute atomic E-state index is 5.64. The minimum atomic E-state index is 0.308. The second kappa shape index (κ2) is 7.50. The van der Waals surface area contributed by atoms with Crippen LogP contribution in [-0.2, 0) is 6.54 Å². The molecule has 0 aliphatic carbocycles. The molecule has 1 atom stereocenters. The van der Waals surface area contributed by atoms with E-state index < -0.39 is 0 Å². The maximum atomic E-state index is 5.64. The van der Waals surface area contributed by atoms with E-state index in [1.165, 1.54) is 19.3 Å². The quantitative estimate of drug-likeness (QED) is 0.644. The first-order chi connectivity index (χ1) is 12.3. The van der Waals surface area contributed by atoms with Gasteiger partial charge in [-0.2, -0.15) is 0 Å². The lowest BCUT2D eigenvalue weighted by Crippen LogP contribution is -2.28. The van der Waals surface area contributed by atoms with Crippen LogP contribution in [0.15, 0.2) is 46.3 Å². The standard InChI is InChI=1S/C20H23N3OS/c1-15-7-5-8-16(21-15)14-23-11-4-2-3-9-18(23)17-13-19(24-22-17)20-10-6-12-25-20/h5-8,10,12-13,18H,2-4,9,11,14H2,1H3/t18-/m0/s1. The molecular weight excluding hydrogens is 330 g/mol. The lowest BCUT2D eigenvalue weighted by Gasteiger charge is -2.28. The molecule has 1 fully saturated rings. The van der Waals surface area contributed by atoms with Crippen molar-refractivity contribution in [1.29, 1.82) is 0 Å². The van der Waals surface area contributed by atoms with Gasteiger partial charge in [0.15, 0.2) is 5.76 Å². The van der Waals surface area contributed by atoms with Crippen molar-refractivity contribution >= 4 is 11.3 Å². The highest BCUT2D eigenvalue weighted by Crippen LogP contribution is 2.34. The van der Waals surface area contributed by atoms with Gasteiger partial charge >= 0.3 is 0 Å². The molecule has 1 saturated heterocycles. The third kappa shape index (κ3) is 3.83. The van der Waals surface area contributed by atoms with Crippen molar-refractivity contribution in [2.75, 3.05) is 6.54 Å².